The fraction of sp³-hybridized carbons (Fsp3) is 1.00. The van der Waals surface area contributed by atoms with Gasteiger partial charge in [0.15, 0.2) is 0 Å². The minimum atomic E-state index is -0.229. The molecule has 0 aromatic carbocycles. The van der Waals surface area contributed by atoms with Crippen molar-refractivity contribution >= 4 is 0 Å². The molecule has 7 saturated carbocycles. The summed E-state index contributed by atoms with van der Waals surface area (Å²) in [5.41, 5.74) is -0.229. The third-order valence-electron chi connectivity index (χ3n) is 7.24. The molecule has 0 aromatic heterocycles. The summed E-state index contributed by atoms with van der Waals surface area (Å²) in [4.78, 5) is 5.63. The molecule has 0 heterocycles. The molecule has 7 rings (SSSR count). The molecular weight excluding hydrogens is 230 g/mol. The Morgan fingerprint density at radius 1 is 0.833 bits per heavy atom. The largest absolute Gasteiger partial charge is 0.266 e. The lowest BCUT2D eigenvalue weighted by atomic mass is 9.34. The molecule has 0 spiro atoms. The average molecular weight is 251 g/mol. The first-order valence-electron chi connectivity index (χ1n) is 7.54. The molecule has 0 aromatic rings. The first-order valence-corrected chi connectivity index (χ1v) is 7.54. The molecule has 100 valence electrons. The van der Waals surface area contributed by atoms with Crippen molar-refractivity contribution in [3.63, 3.8) is 0 Å². The third kappa shape index (κ3) is 1.04. The van der Waals surface area contributed by atoms with Gasteiger partial charge in [0.05, 0.1) is 5.39 Å². The van der Waals surface area contributed by atoms with Crippen LogP contribution in [0.4, 0.5) is 0 Å². The Labute approximate surface area is 107 Å². The van der Waals surface area contributed by atoms with Gasteiger partial charge in [0.25, 0.3) is 0 Å². The first-order chi connectivity index (χ1) is 8.67. The van der Waals surface area contributed by atoms with Crippen LogP contribution < -0.4 is 0 Å². The lowest BCUT2D eigenvalue weighted by Gasteiger charge is -2.73. The van der Waals surface area contributed by atoms with E-state index in [0.29, 0.717) is 11.8 Å². The Balaban J connectivity index is 1.63. The SMILES string of the molecule is ON(O)OC12CC3CC4C5CC(CC41)CC2[C@@H]5C3. The predicted molar refractivity (Wildman–Crippen MR) is 61.4 cm³/mol. The van der Waals surface area contributed by atoms with Crippen molar-refractivity contribution in [1.29, 1.82) is 0 Å². The lowest BCUT2D eigenvalue weighted by Crippen LogP contribution is -2.72. The fourth-order valence-electron chi connectivity index (χ4n) is 7.19. The minimum absolute atomic E-state index is 0.0179. The number of rotatable bonds is 2. The van der Waals surface area contributed by atoms with E-state index < -0.39 is 0 Å². The Kier molecular flexibility index (Phi) is 1.83. The van der Waals surface area contributed by atoms with E-state index in [9.17, 15) is 10.4 Å². The van der Waals surface area contributed by atoms with Gasteiger partial charge in [-0.15, -0.1) is 0 Å². The molecule has 7 aliphatic carbocycles. The van der Waals surface area contributed by atoms with E-state index >= 15 is 0 Å². The van der Waals surface area contributed by atoms with E-state index in [1.54, 1.807) is 0 Å². The molecule has 7 fully saturated rings. The van der Waals surface area contributed by atoms with Crippen molar-refractivity contribution in [3.05, 3.63) is 0 Å². The van der Waals surface area contributed by atoms with E-state index in [1.165, 1.54) is 32.1 Å². The van der Waals surface area contributed by atoms with Crippen LogP contribution >= 0.6 is 0 Å². The van der Waals surface area contributed by atoms with Crippen LogP contribution in [0.5, 0.6) is 0 Å². The van der Waals surface area contributed by atoms with Gasteiger partial charge in [-0.25, -0.2) is 4.84 Å². The molecular formula is C14H21NO3. The molecule has 7 unspecified atom stereocenters. The Bertz CT molecular complexity index is 371. The van der Waals surface area contributed by atoms with E-state index in [-0.39, 0.29) is 11.0 Å². The van der Waals surface area contributed by atoms with Crippen molar-refractivity contribution in [2.45, 2.75) is 44.1 Å². The van der Waals surface area contributed by atoms with Crippen molar-refractivity contribution in [1.82, 2.24) is 5.39 Å². The lowest BCUT2D eigenvalue weighted by molar-refractivity contribution is -0.547. The zero-order valence-corrected chi connectivity index (χ0v) is 10.5. The summed E-state index contributed by atoms with van der Waals surface area (Å²) in [6.45, 7) is 0. The molecule has 18 heavy (non-hydrogen) atoms. The minimum Gasteiger partial charge on any atom is -0.266 e. The Hall–Kier alpha value is -0.160. The van der Waals surface area contributed by atoms with E-state index in [0.717, 1.165) is 36.0 Å². The Morgan fingerprint density at radius 3 is 2.06 bits per heavy atom. The molecule has 2 N–H and O–H groups in total. The van der Waals surface area contributed by atoms with Crippen LogP contribution in [0.1, 0.15) is 38.5 Å². The van der Waals surface area contributed by atoms with Gasteiger partial charge in [-0.1, -0.05) is 0 Å². The number of hydrogen-bond acceptors (Lipinski definition) is 4. The summed E-state index contributed by atoms with van der Waals surface area (Å²) < 4.78 is 0. The van der Waals surface area contributed by atoms with Gasteiger partial charge in [0.1, 0.15) is 5.60 Å². The van der Waals surface area contributed by atoms with E-state index in [2.05, 4.69) is 0 Å². The van der Waals surface area contributed by atoms with Crippen LogP contribution in [0, 0.1) is 41.4 Å². The average Bonchev–Trinajstić information content (AvgIpc) is 2.34. The monoisotopic (exact) mass is 251 g/mol. The van der Waals surface area contributed by atoms with Crippen LogP contribution in [0.25, 0.3) is 0 Å². The van der Waals surface area contributed by atoms with Crippen LogP contribution in [0.2, 0.25) is 0 Å². The molecule has 0 radical (unpaired) electrons. The van der Waals surface area contributed by atoms with Crippen molar-refractivity contribution in [3.8, 4) is 0 Å². The van der Waals surface area contributed by atoms with Crippen molar-refractivity contribution < 1.29 is 15.3 Å². The zero-order valence-electron chi connectivity index (χ0n) is 10.5. The van der Waals surface area contributed by atoms with Gasteiger partial charge in [0.2, 0.25) is 0 Å². The summed E-state index contributed by atoms with van der Waals surface area (Å²) in [6, 6.07) is 0. The zero-order chi connectivity index (χ0) is 12.1. The predicted octanol–water partition coefficient (Wildman–Crippen LogP) is 2.46. The second-order valence-electron chi connectivity index (χ2n) is 7.62. The van der Waals surface area contributed by atoms with Gasteiger partial charge in [-0.3, -0.25) is 10.4 Å². The summed E-state index contributed by atoms with van der Waals surface area (Å²) in [5, 5.41) is 18.4. The molecule has 7 aliphatic rings. The topological polar surface area (TPSA) is 52.9 Å². The van der Waals surface area contributed by atoms with Gasteiger partial charge in [-0.05, 0) is 80.0 Å². The maximum Gasteiger partial charge on any atom is 0.101 e. The first kappa shape index (κ1) is 10.6. The van der Waals surface area contributed by atoms with Crippen molar-refractivity contribution in [2.75, 3.05) is 0 Å². The third-order valence-corrected chi connectivity index (χ3v) is 7.24. The molecule has 0 aliphatic heterocycles. The van der Waals surface area contributed by atoms with Crippen molar-refractivity contribution in [2.24, 2.45) is 41.4 Å². The van der Waals surface area contributed by atoms with Gasteiger partial charge in [0, 0.05) is 0 Å². The molecule has 8 bridgehead atoms. The normalized spacial score (nSPS) is 63.2. The molecule has 4 heteroatoms. The second kappa shape index (κ2) is 3.11. The highest BCUT2D eigenvalue weighted by atomic mass is 17.1. The highest BCUT2D eigenvalue weighted by molar-refractivity contribution is 5.19. The van der Waals surface area contributed by atoms with E-state index in [1.807, 2.05) is 0 Å². The van der Waals surface area contributed by atoms with Crippen LogP contribution in [0.15, 0.2) is 0 Å². The highest BCUT2D eigenvalue weighted by Crippen LogP contribution is 2.73. The van der Waals surface area contributed by atoms with Crippen LogP contribution in [-0.4, -0.2) is 21.4 Å². The van der Waals surface area contributed by atoms with Gasteiger partial charge in [-0.2, -0.15) is 0 Å². The summed E-state index contributed by atoms with van der Waals surface area (Å²) in [6.07, 6.45) is 7.82. The second-order valence-corrected chi connectivity index (χ2v) is 7.62. The standard InChI is InChI=1S/C14H21NO3/c16-15(17)18-14-6-8-2-10-9-1-7(4-12(10)14)5-13(14)11(9)3-8/h7-13,16-17H,1-6H2/t7?,8?,9?,10-,11?,12?,13?,14?/m1/s1. The fourth-order valence-corrected chi connectivity index (χ4v) is 7.19. The summed E-state index contributed by atoms with van der Waals surface area (Å²) in [5.74, 6) is 5.43. The van der Waals surface area contributed by atoms with Gasteiger partial charge < -0.3 is 0 Å². The summed E-state index contributed by atoms with van der Waals surface area (Å²) in [7, 11) is 0. The van der Waals surface area contributed by atoms with E-state index in [4.69, 9.17) is 4.84 Å². The highest BCUT2D eigenvalue weighted by Gasteiger charge is 2.71. The molecule has 8 atom stereocenters. The molecule has 4 nitrogen and oxygen atoms in total. The quantitative estimate of drug-likeness (QED) is 0.740. The maximum atomic E-state index is 9.21. The number of nitrogens with zero attached hydrogens (tertiary/aromatic N) is 1. The Morgan fingerprint density at radius 2 is 1.44 bits per heavy atom. The van der Waals surface area contributed by atoms with Crippen LogP contribution in [0.3, 0.4) is 0 Å². The smallest absolute Gasteiger partial charge is 0.101 e. The molecule has 0 amide bonds. The van der Waals surface area contributed by atoms with Gasteiger partial charge >= 0.3 is 0 Å². The summed E-state index contributed by atoms with van der Waals surface area (Å²) >= 11 is 0. The molecule has 0 saturated heterocycles. The maximum absolute atomic E-state index is 9.21. The van der Waals surface area contributed by atoms with Crippen LogP contribution in [-0.2, 0) is 4.84 Å². The number of hydrogen-bond donors (Lipinski definition) is 2.